The van der Waals surface area contributed by atoms with Gasteiger partial charge in [-0.3, -0.25) is 14.6 Å². The maximum Gasteiger partial charge on any atom is 0.273 e. The van der Waals surface area contributed by atoms with Gasteiger partial charge in [0.1, 0.15) is 11.3 Å². The van der Waals surface area contributed by atoms with E-state index in [0.29, 0.717) is 18.8 Å². The van der Waals surface area contributed by atoms with E-state index >= 15 is 0 Å². The third kappa shape index (κ3) is 3.62. The number of nitrogens with zero attached hydrogens (tertiary/aromatic N) is 2. The van der Waals surface area contributed by atoms with Crippen molar-refractivity contribution in [3.63, 3.8) is 0 Å². The second-order valence-corrected chi connectivity index (χ2v) is 6.21. The lowest BCUT2D eigenvalue weighted by Gasteiger charge is -2.41. The summed E-state index contributed by atoms with van der Waals surface area (Å²) >= 11 is 0. The highest BCUT2D eigenvalue weighted by atomic mass is 16.5. The van der Waals surface area contributed by atoms with Crippen LogP contribution in [-0.4, -0.2) is 60.7 Å². The van der Waals surface area contributed by atoms with Gasteiger partial charge in [0.15, 0.2) is 0 Å². The first-order chi connectivity index (χ1) is 12.0. The van der Waals surface area contributed by atoms with Crippen molar-refractivity contribution >= 4 is 22.6 Å². The van der Waals surface area contributed by atoms with Gasteiger partial charge in [-0.2, -0.15) is 0 Å². The Morgan fingerprint density at radius 3 is 2.92 bits per heavy atom. The van der Waals surface area contributed by atoms with Crippen molar-refractivity contribution in [2.45, 2.75) is 12.0 Å². The van der Waals surface area contributed by atoms with Gasteiger partial charge in [-0.1, -0.05) is 24.3 Å². The summed E-state index contributed by atoms with van der Waals surface area (Å²) in [6, 6.07) is 9.48. The molecule has 1 aliphatic rings. The molecule has 2 aromatic rings. The first-order valence-electron chi connectivity index (χ1n) is 8.09. The minimum absolute atomic E-state index is 0.00636. The Bertz CT molecular complexity index is 785. The van der Waals surface area contributed by atoms with Gasteiger partial charge in [0.2, 0.25) is 5.91 Å². The third-order valence-electron chi connectivity index (χ3n) is 4.32. The number of benzene rings is 1. The van der Waals surface area contributed by atoms with E-state index < -0.39 is 11.5 Å². The van der Waals surface area contributed by atoms with E-state index in [1.165, 1.54) is 7.11 Å². The van der Waals surface area contributed by atoms with Crippen LogP contribution in [0.2, 0.25) is 0 Å². The number of fused-ring (bicyclic) bond motifs is 1. The number of pyridine rings is 1. The van der Waals surface area contributed by atoms with Crippen LogP contribution in [0.4, 0.5) is 0 Å². The summed E-state index contributed by atoms with van der Waals surface area (Å²) in [6.07, 6.45) is 1.62. The minimum atomic E-state index is -0.918. The van der Waals surface area contributed by atoms with Gasteiger partial charge < -0.3 is 20.1 Å². The highest BCUT2D eigenvalue weighted by Gasteiger charge is 2.40. The molecule has 1 aromatic heterocycles. The number of methoxy groups -OCH3 is 1. The Balaban J connectivity index is 1.89. The zero-order chi connectivity index (χ0) is 17.9. The molecule has 3 rings (SSSR count). The molecule has 1 aromatic carbocycles. The molecule has 1 unspecified atom stereocenters. The van der Waals surface area contributed by atoms with Crippen molar-refractivity contribution in [3.05, 3.63) is 42.2 Å². The van der Waals surface area contributed by atoms with E-state index in [1.54, 1.807) is 11.1 Å². The number of carbonyl (C=O) groups excluding carboxylic acids is 2. The van der Waals surface area contributed by atoms with Gasteiger partial charge in [0.05, 0.1) is 26.2 Å². The summed E-state index contributed by atoms with van der Waals surface area (Å²) in [7, 11) is 1.53. The molecule has 132 valence electrons. The van der Waals surface area contributed by atoms with Crippen molar-refractivity contribution in [1.82, 2.24) is 9.88 Å². The number of ether oxygens (including phenoxy) is 2. The molecule has 2 amide bonds. The number of hydrogen-bond acceptors (Lipinski definition) is 5. The zero-order valence-electron chi connectivity index (χ0n) is 14.1. The maximum absolute atomic E-state index is 13.0. The average Bonchev–Trinajstić information content (AvgIpc) is 2.60. The number of aromatic nitrogens is 1. The second kappa shape index (κ2) is 7.16. The Labute approximate surface area is 145 Å². The molecule has 7 heteroatoms. The molecule has 0 radical (unpaired) electrons. The molecule has 0 spiro atoms. The quantitative estimate of drug-likeness (QED) is 0.873. The van der Waals surface area contributed by atoms with Gasteiger partial charge >= 0.3 is 0 Å². The Morgan fingerprint density at radius 2 is 2.16 bits per heavy atom. The maximum atomic E-state index is 13.0. The second-order valence-electron chi connectivity index (χ2n) is 6.21. The Kier molecular flexibility index (Phi) is 4.96. The number of rotatable bonds is 5. The summed E-state index contributed by atoms with van der Waals surface area (Å²) in [4.78, 5) is 30.4. The van der Waals surface area contributed by atoms with Gasteiger partial charge in [-0.05, 0) is 11.5 Å². The first-order valence-corrected chi connectivity index (χ1v) is 8.09. The fraction of sp³-hybridized carbons (Fsp3) is 0.389. The highest BCUT2D eigenvalue weighted by Crippen LogP contribution is 2.25. The first kappa shape index (κ1) is 17.3. The van der Waals surface area contributed by atoms with Crippen LogP contribution >= 0.6 is 0 Å². The van der Waals surface area contributed by atoms with Crippen molar-refractivity contribution in [2.24, 2.45) is 5.73 Å². The number of carbonyl (C=O) groups is 2. The van der Waals surface area contributed by atoms with Crippen molar-refractivity contribution < 1.29 is 19.1 Å². The molecule has 0 saturated carbocycles. The van der Waals surface area contributed by atoms with Crippen LogP contribution in [-0.2, 0) is 14.3 Å². The van der Waals surface area contributed by atoms with Gasteiger partial charge in [-0.25, -0.2) is 0 Å². The molecular formula is C18H21N3O4. The normalized spacial score (nSPS) is 20.6. The molecule has 0 bridgehead atoms. The van der Waals surface area contributed by atoms with Crippen LogP contribution in [0.3, 0.4) is 0 Å². The minimum Gasteiger partial charge on any atom is -0.382 e. The molecule has 1 fully saturated rings. The molecule has 1 aliphatic heterocycles. The SMILES string of the molecule is COCC1(CC(N)=O)CN(C(=O)c2nccc3ccccc23)CCO1. The van der Waals surface area contributed by atoms with Gasteiger partial charge in [-0.15, -0.1) is 0 Å². The van der Waals surface area contributed by atoms with Gasteiger partial charge in [0.25, 0.3) is 5.91 Å². The predicted molar refractivity (Wildman–Crippen MR) is 92.0 cm³/mol. The summed E-state index contributed by atoms with van der Waals surface area (Å²) in [5.74, 6) is -0.681. The molecule has 0 aliphatic carbocycles. The van der Waals surface area contributed by atoms with Crippen LogP contribution in [0, 0.1) is 0 Å². The van der Waals surface area contributed by atoms with Crippen molar-refractivity contribution in [3.8, 4) is 0 Å². The lowest BCUT2D eigenvalue weighted by Crippen LogP contribution is -2.57. The van der Waals surface area contributed by atoms with E-state index in [4.69, 9.17) is 15.2 Å². The monoisotopic (exact) mass is 343 g/mol. The largest absolute Gasteiger partial charge is 0.382 e. The topological polar surface area (TPSA) is 94.8 Å². The van der Waals surface area contributed by atoms with Crippen molar-refractivity contribution in [2.75, 3.05) is 33.4 Å². The summed E-state index contributed by atoms with van der Waals surface area (Å²) in [5.41, 5.74) is 4.83. The van der Waals surface area contributed by atoms with E-state index in [2.05, 4.69) is 4.98 Å². The molecule has 7 nitrogen and oxygen atoms in total. The smallest absolute Gasteiger partial charge is 0.273 e. The molecular weight excluding hydrogens is 322 g/mol. The summed E-state index contributed by atoms with van der Waals surface area (Å²) in [6.45, 7) is 1.15. The summed E-state index contributed by atoms with van der Waals surface area (Å²) < 4.78 is 11.0. The number of morpholine rings is 1. The number of hydrogen-bond donors (Lipinski definition) is 1. The van der Waals surface area contributed by atoms with Crippen molar-refractivity contribution in [1.29, 1.82) is 0 Å². The van der Waals surface area contributed by atoms with Crippen LogP contribution in [0.15, 0.2) is 36.5 Å². The van der Waals surface area contributed by atoms with Crippen LogP contribution in [0.1, 0.15) is 16.9 Å². The summed E-state index contributed by atoms with van der Waals surface area (Å²) in [5, 5.41) is 1.75. The third-order valence-corrected chi connectivity index (χ3v) is 4.32. The van der Waals surface area contributed by atoms with Crippen LogP contribution in [0.5, 0.6) is 0 Å². The van der Waals surface area contributed by atoms with E-state index in [1.807, 2.05) is 30.3 Å². The van der Waals surface area contributed by atoms with E-state index in [9.17, 15) is 9.59 Å². The standard InChI is InChI=1S/C18H21N3O4/c1-24-12-18(10-15(19)22)11-21(8-9-25-18)17(23)16-14-5-3-2-4-13(14)6-7-20-16/h2-7H,8-12H2,1H3,(H2,19,22). The molecule has 1 atom stereocenters. The Hall–Kier alpha value is -2.51. The van der Waals surface area contributed by atoms with E-state index in [0.717, 1.165) is 10.8 Å². The Morgan fingerprint density at radius 1 is 1.36 bits per heavy atom. The molecule has 2 N–H and O–H groups in total. The van der Waals surface area contributed by atoms with Crippen LogP contribution < -0.4 is 5.73 Å². The number of primary amides is 1. The molecule has 2 heterocycles. The lowest BCUT2D eigenvalue weighted by atomic mass is 9.97. The lowest BCUT2D eigenvalue weighted by molar-refractivity contribution is -0.148. The fourth-order valence-electron chi connectivity index (χ4n) is 3.28. The van der Waals surface area contributed by atoms with Gasteiger partial charge in [0, 0.05) is 25.2 Å². The number of amides is 2. The highest BCUT2D eigenvalue weighted by molar-refractivity contribution is 6.05. The number of nitrogens with two attached hydrogens (primary N) is 1. The van der Waals surface area contributed by atoms with Crippen LogP contribution in [0.25, 0.3) is 10.8 Å². The zero-order valence-corrected chi connectivity index (χ0v) is 14.1. The van der Waals surface area contributed by atoms with E-state index in [-0.39, 0.29) is 25.5 Å². The average molecular weight is 343 g/mol. The molecule has 25 heavy (non-hydrogen) atoms. The fourth-order valence-corrected chi connectivity index (χ4v) is 3.28. The predicted octanol–water partition coefficient (Wildman–Crippen LogP) is 0.968. The molecule has 1 saturated heterocycles.